The van der Waals surface area contributed by atoms with Crippen LogP contribution < -0.4 is 5.32 Å². The van der Waals surface area contributed by atoms with Crippen LogP contribution in [-0.4, -0.2) is 35.1 Å². The maximum atomic E-state index is 6.08. The lowest BCUT2D eigenvalue weighted by atomic mass is 9.99. The molecule has 0 spiro atoms. The standard InChI is InChI=1S/C12H18ClN3/c1-12(2)9-14-6-7-16(12)8-10-4-3-5-15-11(10)13/h3-5,14H,6-9H2,1-2H3. The molecule has 0 saturated carbocycles. The number of nitrogens with zero attached hydrogens (tertiary/aromatic N) is 2. The predicted octanol–water partition coefficient (Wildman–Crippen LogP) is 1.92. The van der Waals surface area contributed by atoms with Gasteiger partial charge in [-0.05, 0) is 19.9 Å². The molecule has 2 heterocycles. The molecule has 1 aliphatic rings. The molecular formula is C12H18ClN3. The summed E-state index contributed by atoms with van der Waals surface area (Å²) in [5.74, 6) is 0. The molecule has 1 saturated heterocycles. The number of rotatable bonds is 2. The van der Waals surface area contributed by atoms with Gasteiger partial charge in [0.05, 0.1) is 0 Å². The molecule has 0 atom stereocenters. The van der Waals surface area contributed by atoms with Gasteiger partial charge in [-0.15, -0.1) is 0 Å². The average Bonchev–Trinajstić information content (AvgIpc) is 2.24. The Morgan fingerprint density at radius 1 is 1.56 bits per heavy atom. The van der Waals surface area contributed by atoms with Gasteiger partial charge in [-0.2, -0.15) is 0 Å². The summed E-state index contributed by atoms with van der Waals surface area (Å²) in [7, 11) is 0. The topological polar surface area (TPSA) is 28.2 Å². The van der Waals surface area contributed by atoms with Crippen molar-refractivity contribution in [1.29, 1.82) is 0 Å². The third-order valence-electron chi connectivity index (χ3n) is 3.17. The fourth-order valence-electron chi connectivity index (χ4n) is 2.06. The van der Waals surface area contributed by atoms with Crippen LogP contribution >= 0.6 is 11.6 Å². The predicted molar refractivity (Wildman–Crippen MR) is 66.6 cm³/mol. The van der Waals surface area contributed by atoms with Gasteiger partial charge in [-0.1, -0.05) is 17.7 Å². The Morgan fingerprint density at radius 2 is 2.38 bits per heavy atom. The Balaban J connectivity index is 2.12. The first-order valence-electron chi connectivity index (χ1n) is 5.65. The number of piperazine rings is 1. The molecule has 4 heteroatoms. The zero-order valence-corrected chi connectivity index (χ0v) is 10.6. The van der Waals surface area contributed by atoms with E-state index in [1.807, 2.05) is 12.1 Å². The number of halogens is 1. The second-order valence-corrected chi connectivity index (χ2v) is 5.22. The van der Waals surface area contributed by atoms with E-state index in [4.69, 9.17) is 11.6 Å². The lowest BCUT2D eigenvalue weighted by Gasteiger charge is -2.42. The molecule has 1 aromatic heterocycles. The third kappa shape index (κ3) is 2.54. The summed E-state index contributed by atoms with van der Waals surface area (Å²) in [6.45, 7) is 8.50. The second kappa shape index (κ2) is 4.70. The van der Waals surface area contributed by atoms with E-state index in [1.54, 1.807) is 6.20 Å². The Hall–Kier alpha value is -0.640. The summed E-state index contributed by atoms with van der Waals surface area (Å²) in [6, 6.07) is 3.99. The minimum Gasteiger partial charge on any atom is -0.314 e. The monoisotopic (exact) mass is 239 g/mol. The van der Waals surface area contributed by atoms with Crippen molar-refractivity contribution >= 4 is 11.6 Å². The van der Waals surface area contributed by atoms with E-state index < -0.39 is 0 Å². The van der Waals surface area contributed by atoms with Crippen molar-refractivity contribution in [3.63, 3.8) is 0 Å². The van der Waals surface area contributed by atoms with Gasteiger partial charge >= 0.3 is 0 Å². The number of aromatic nitrogens is 1. The molecule has 0 unspecified atom stereocenters. The highest BCUT2D eigenvalue weighted by Crippen LogP contribution is 2.21. The number of pyridine rings is 1. The van der Waals surface area contributed by atoms with E-state index >= 15 is 0 Å². The molecule has 0 amide bonds. The van der Waals surface area contributed by atoms with Gasteiger partial charge in [-0.3, -0.25) is 4.90 Å². The van der Waals surface area contributed by atoms with Crippen LogP contribution in [0.2, 0.25) is 5.15 Å². The molecule has 0 aromatic carbocycles. The average molecular weight is 240 g/mol. The number of nitrogens with one attached hydrogen (secondary N) is 1. The highest BCUT2D eigenvalue weighted by molar-refractivity contribution is 6.30. The summed E-state index contributed by atoms with van der Waals surface area (Å²) in [6.07, 6.45) is 1.73. The van der Waals surface area contributed by atoms with Crippen LogP contribution in [0.25, 0.3) is 0 Å². The highest BCUT2D eigenvalue weighted by atomic mass is 35.5. The molecule has 88 valence electrons. The van der Waals surface area contributed by atoms with Crippen LogP contribution in [0.15, 0.2) is 18.3 Å². The van der Waals surface area contributed by atoms with Crippen LogP contribution in [0.1, 0.15) is 19.4 Å². The van der Waals surface area contributed by atoms with Crippen LogP contribution in [0.4, 0.5) is 0 Å². The van der Waals surface area contributed by atoms with Gasteiger partial charge in [-0.25, -0.2) is 4.98 Å². The van der Waals surface area contributed by atoms with E-state index in [9.17, 15) is 0 Å². The maximum Gasteiger partial charge on any atom is 0.133 e. The SMILES string of the molecule is CC1(C)CNCCN1Cc1cccnc1Cl. The van der Waals surface area contributed by atoms with Crippen molar-refractivity contribution in [2.45, 2.75) is 25.9 Å². The van der Waals surface area contributed by atoms with E-state index in [0.29, 0.717) is 5.15 Å². The maximum absolute atomic E-state index is 6.08. The quantitative estimate of drug-likeness (QED) is 0.800. The summed E-state index contributed by atoms with van der Waals surface area (Å²) in [5.41, 5.74) is 1.29. The van der Waals surface area contributed by atoms with Crippen LogP contribution in [0, 0.1) is 0 Å². The molecule has 1 N–H and O–H groups in total. The van der Waals surface area contributed by atoms with Crippen LogP contribution in [-0.2, 0) is 6.54 Å². The first-order chi connectivity index (χ1) is 7.59. The molecule has 0 bridgehead atoms. The minimum absolute atomic E-state index is 0.178. The lowest BCUT2D eigenvalue weighted by Crippen LogP contribution is -2.57. The molecule has 1 aliphatic heterocycles. The summed E-state index contributed by atoms with van der Waals surface area (Å²) >= 11 is 6.08. The Labute approximate surface area is 102 Å². The summed E-state index contributed by atoms with van der Waals surface area (Å²) < 4.78 is 0. The molecule has 0 radical (unpaired) electrons. The molecule has 2 rings (SSSR count). The zero-order valence-electron chi connectivity index (χ0n) is 9.83. The minimum atomic E-state index is 0.178. The first kappa shape index (κ1) is 11.8. The number of hydrogen-bond donors (Lipinski definition) is 1. The molecule has 1 aromatic rings. The molecule has 3 nitrogen and oxygen atoms in total. The van der Waals surface area contributed by atoms with E-state index in [1.165, 1.54) is 0 Å². The fraction of sp³-hybridized carbons (Fsp3) is 0.583. The molecule has 16 heavy (non-hydrogen) atoms. The lowest BCUT2D eigenvalue weighted by molar-refractivity contribution is 0.0827. The van der Waals surface area contributed by atoms with Crippen LogP contribution in [0.3, 0.4) is 0 Å². The smallest absolute Gasteiger partial charge is 0.133 e. The summed E-state index contributed by atoms with van der Waals surface area (Å²) in [5, 5.41) is 4.04. The Bertz CT molecular complexity index is 365. The van der Waals surface area contributed by atoms with Gasteiger partial charge in [0.1, 0.15) is 5.15 Å². The first-order valence-corrected chi connectivity index (χ1v) is 6.02. The molecular weight excluding hydrogens is 222 g/mol. The van der Waals surface area contributed by atoms with Gasteiger partial charge in [0.25, 0.3) is 0 Å². The van der Waals surface area contributed by atoms with Gasteiger partial charge in [0, 0.05) is 43.5 Å². The fourth-order valence-corrected chi connectivity index (χ4v) is 2.24. The van der Waals surface area contributed by atoms with Crippen molar-refractivity contribution in [1.82, 2.24) is 15.2 Å². The normalized spacial score (nSPS) is 20.9. The number of hydrogen-bond acceptors (Lipinski definition) is 3. The van der Waals surface area contributed by atoms with Gasteiger partial charge < -0.3 is 5.32 Å². The van der Waals surface area contributed by atoms with Crippen molar-refractivity contribution in [2.75, 3.05) is 19.6 Å². The van der Waals surface area contributed by atoms with Gasteiger partial charge in [0.15, 0.2) is 0 Å². The Morgan fingerprint density at radius 3 is 3.06 bits per heavy atom. The third-order valence-corrected chi connectivity index (χ3v) is 3.51. The van der Waals surface area contributed by atoms with Crippen molar-refractivity contribution in [3.05, 3.63) is 29.0 Å². The largest absolute Gasteiger partial charge is 0.314 e. The summed E-state index contributed by atoms with van der Waals surface area (Å²) in [4.78, 5) is 6.57. The van der Waals surface area contributed by atoms with Crippen molar-refractivity contribution in [3.8, 4) is 0 Å². The van der Waals surface area contributed by atoms with Gasteiger partial charge in [0.2, 0.25) is 0 Å². The Kier molecular flexibility index (Phi) is 3.47. The zero-order chi connectivity index (χ0) is 11.6. The van der Waals surface area contributed by atoms with E-state index in [-0.39, 0.29) is 5.54 Å². The van der Waals surface area contributed by atoms with E-state index in [0.717, 1.165) is 31.7 Å². The highest BCUT2D eigenvalue weighted by Gasteiger charge is 2.29. The van der Waals surface area contributed by atoms with Crippen molar-refractivity contribution in [2.24, 2.45) is 0 Å². The van der Waals surface area contributed by atoms with Crippen LogP contribution in [0.5, 0.6) is 0 Å². The van der Waals surface area contributed by atoms with Crippen molar-refractivity contribution < 1.29 is 0 Å². The molecule has 1 fully saturated rings. The molecule has 0 aliphatic carbocycles. The second-order valence-electron chi connectivity index (χ2n) is 4.86. The van der Waals surface area contributed by atoms with E-state index in [2.05, 4.69) is 29.0 Å².